The maximum absolute atomic E-state index is 12.3. The summed E-state index contributed by atoms with van der Waals surface area (Å²) in [6.07, 6.45) is 0. The molecule has 0 atom stereocenters. The fraction of sp³-hybridized carbons (Fsp3) is 0.286. The van der Waals surface area contributed by atoms with Gasteiger partial charge in [0, 0.05) is 11.6 Å². The number of hydrogen-bond acceptors (Lipinski definition) is 8. The molecule has 0 fully saturated rings. The Bertz CT molecular complexity index is 1130. The van der Waals surface area contributed by atoms with Crippen LogP contribution in [0.1, 0.15) is 29.2 Å². The Kier molecular flexibility index (Phi) is 7.59. The first-order valence-electron chi connectivity index (χ1n) is 9.56. The minimum atomic E-state index is -0.446. The number of thioether (sulfide) groups is 1. The Morgan fingerprint density at radius 1 is 1.23 bits per heavy atom. The van der Waals surface area contributed by atoms with Gasteiger partial charge in [0.15, 0.2) is 10.3 Å². The molecule has 2 heterocycles. The van der Waals surface area contributed by atoms with Crippen LogP contribution in [0, 0.1) is 12.8 Å². The lowest BCUT2D eigenvalue weighted by Gasteiger charge is -2.05. The third-order valence-corrected chi connectivity index (χ3v) is 5.83. The van der Waals surface area contributed by atoms with Crippen molar-refractivity contribution >= 4 is 40.1 Å². The highest BCUT2D eigenvalue weighted by Crippen LogP contribution is 2.24. The molecule has 1 amide bonds. The number of nitrogens with zero attached hydrogens (tertiary/aromatic N) is 2. The van der Waals surface area contributed by atoms with Gasteiger partial charge in [-0.1, -0.05) is 67.3 Å². The predicted molar refractivity (Wildman–Crippen MR) is 122 cm³/mol. The van der Waals surface area contributed by atoms with Gasteiger partial charge in [-0.15, -0.1) is 0 Å². The molecule has 0 aliphatic carbocycles. The van der Waals surface area contributed by atoms with Crippen LogP contribution in [-0.2, 0) is 9.53 Å². The summed E-state index contributed by atoms with van der Waals surface area (Å²) in [7, 11) is 0. The predicted octanol–water partition coefficient (Wildman–Crippen LogP) is 3.75. The second kappa shape index (κ2) is 10.4. The summed E-state index contributed by atoms with van der Waals surface area (Å²) >= 11 is 2.18. The summed E-state index contributed by atoms with van der Waals surface area (Å²) < 4.78 is 5.23. The van der Waals surface area contributed by atoms with E-state index in [1.54, 1.807) is 6.92 Å². The number of thiazole rings is 1. The number of benzene rings is 1. The molecule has 8 nitrogen and oxygen atoms in total. The molecule has 0 spiro atoms. The number of anilines is 1. The molecule has 1 aromatic carbocycles. The number of hydrogen-bond donors (Lipinski definition) is 2. The van der Waals surface area contributed by atoms with Gasteiger partial charge in [-0.2, -0.15) is 0 Å². The van der Waals surface area contributed by atoms with Gasteiger partial charge in [-0.3, -0.25) is 9.59 Å². The average Bonchev–Trinajstić information content (AvgIpc) is 3.10. The van der Waals surface area contributed by atoms with Crippen LogP contribution in [-0.4, -0.2) is 39.2 Å². The van der Waals surface area contributed by atoms with Gasteiger partial charge in [0.25, 0.3) is 5.56 Å². The minimum Gasteiger partial charge on any atom is -0.461 e. The smallest absolute Gasteiger partial charge is 0.350 e. The molecule has 2 aromatic heterocycles. The number of carbonyl (C=O) groups excluding carboxylic acids is 2. The number of amides is 1. The van der Waals surface area contributed by atoms with Gasteiger partial charge in [0.05, 0.1) is 23.7 Å². The Morgan fingerprint density at radius 3 is 2.68 bits per heavy atom. The van der Waals surface area contributed by atoms with Crippen molar-refractivity contribution in [3.05, 3.63) is 57.3 Å². The van der Waals surface area contributed by atoms with Gasteiger partial charge in [0.1, 0.15) is 4.88 Å². The molecule has 0 aliphatic heterocycles. The number of H-pyrrole nitrogens is 1. The molecule has 0 radical (unpaired) electrons. The Morgan fingerprint density at radius 2 is 1.97 bits per heavy atom. The van der Waals surface area contributed by atoms with Crippen molar-refractivity contribution in [1.82, 2.24) is 15.0 Å². The molecule has 2 N–H and O–H groups in total. The van der Waals surface area contributed by atoms with Crippen LogP contribution in [0.15, 0.2) is 46.3 Å². The van der Waals surface area contributed by atoms with Crippen molar-refractivity contribution in [3.8, 4) is 11.3 Å². The first-order chi connectivity index (χ1) is 14.8. The van der Waals surface area contributed by atoms with Crippen LogP contribution in [0.2, 0.25) is 0 Å². The lowest BCUT2D eigenvalue weighted by molar-refractivity contribution is -0.113. The largest absolute Gasteiger partial charge is 0.461 e. The van der Waals surface area contributed by atoms with Crippen molar-refractivity contribution < 1.29 is 14.3 Å². The third-order valence-electron chi connectivity index (χ3n) is 3.91. The van der Waals surface area contributed by atoms with E-state index in [0.717, 1.165) is 28.7 Å². The molecule has 3 rings (SSSR count). The molecular weight excluding hydrogens is 436 g/mol. The summed E-state index contributed by atoms with van der Waals surface area (Å²) in [5.41, 5.74) is 1.56. The molecule has 162 valence electrons. The number of esters is 1. The van der Waals surface area contributed by atoms with Crippen LogP contribution >= 0.6 is 23.1 Å². The number of aromatic amines is 1. The second-order valence-corrected chi connectivity index (χ2v) is 9.03. The molecule has 0 saturated carbocycles. The van der Waals surface area contributed by atoms with Gasteiger partial charge < -0.3 is 15.0 Å². The van der Waals surface area contributed by atoms with Crippen LogP contribution in [0.3, 0.4) is 0 Å². The highest BCUT2D eigenvalue weighted by atomic mass is 32.2. The summed E-state index contributed by atoms with van der Waals surface area (Å²) in [6, 6.07) is 10.7. The number of aromatic nitrogens is 3. The third kappa shape index (κ3) is 6.50. The Hall–Kier alpha value is -2.98. The quantitative estimate of drug-likeness (QED) is 0.300. The lowest BCUT2D eigenvalue weighted by Crippen LogP contribution is -2.15. The standard InChI is InChI=1S/C21H22N4O4S2/c1-12(2)10-29-19(28)18-13(3)22-21(31-18)25-17(27)11-30-20-23-15(9-16(26)24-20)14-7-5-4-6-8-14/h4-9,12H,10-11H2,1-3H3,(H,22,25,27)(H,23,24,26). The van der Waals surface area contributed by atoms with Crippen molar-refractivity contribution in [2.75, 3.05) is 17.7 Å². The molecule has 0 saturated heterocycles. The Balaban J connectivity index is 1.61. The zero-order valence-electron chi connectivity index (χ0n) is 17.3. The van der Waals surface area contributed by atoms with Crippen LogP contribution in [0.25, 0.3) is 11.3 Å². The van der Waals surface area contributed by atoms with E-state index in [1.807, 2.05) is 44.2 Å². The molecule has 0 aliphatic rings. The molecular formula is C21H22N4O4S2. The fourth-order valence-corrected chi connectivity index (χ4v) is 4.05. The number of rotatable bonds is 8. The maximum Gasteiger partial charge on any atom is 0.350 e. The topological polar surface area (TPSA) is 114 Å². The molecule has 31 heavy (non-hydrogen) atoms. The van der Waals surface area contributed by atoms with Crippen LogP contribution < -0.4 is 10.9 Å². The van der Waals surface area contributed by atoms with Crippen molar-refractivity contribution in [3.63, 3.8) is 0 Å². The first kappa shape index (κ1) is 22.7. The van der Waals surface area contributed by atoms with Gasteiger partial charge >= 0.3 is 5.97 Å². The van der Waals surface area contributed by atoms with E-state index in [9.17, 15) is 14.4 Å². The highest BCUT2D eigenvalue weighted by Gasteiger charge is 2.18. The van der Waals surface area contributed by atoms with E-state index in [0.29, 0.717) is 33.2 Å². The van der Waals surface area contributed by atoms with Crippen LogP contribution in [0.4, 0.5) is 5.13 Å². The monoisotopic (exact) mass is 458 g/mol. The van der Waals surface area contributed by atoms with Crippen molar-refractivity contribution in [2.24, 2.45) is 5.92 Å². The molecule has 0 unspecified atom stereocenters. The maximum atomic E-state index is 12.3. The average molecular weight is 459 g/mol. The molecule has 10 heteroatoms. The van der Waals surface area contributed by atoms with Gasteiger partial charge in [-0.25, -0.2) is 14.8 Å². The van der Waals surface area contributed by atoms with Crippen LogP contribution in [0.5, 0.6) is 0 Å². The summed E-state index contributed by atoms with van der Waals surface area (Å²) in [4.78, 5) is 48.1. The summed E-state index contributed by atoms with van der Waals surface area (Å²) in [5.74, 6) is -0.520. The SMILES string of the molecule is Cc1nc(NC(=O)CSc2nc(-c3ccccc3)cc(=O)[nH]2)sc1C(=O)OCC(C)C. The van der Waals surface area contributed by atoms with E-state index in [-0.39, 0.29) is 23.1 Å². The minimum absolute atomic E-state index is 0.0208. The normalized spacial score (nSPS) is 10.8. The van der Waals surface area contributed by atoms with Crippen molar-refractivity contribution in [2.45, 2.75) is 25.9 Å². The number of aryl methyl sites for hydroxylation is 1. The highest BCUT2D eigenvalue weighted by molar-refractivity contribution is 7.99. The van der Waals surface area contributed by atoms with E-state index in [1.165, 1.54) is 6.07 Å². The fourth-order valence-electron chi connectivity index (χ4n) is 2.50. The molecule has 0 bridgehead atoms. The van der Waals surface area contributed by atoms with Gasteiger partial charge in [-0.05, 0) is 12.8 Å². The zero-order valence-corrected chi connectivity index (χ0v) is 18.9. The number of nitrogens with one attached hydrogen (secondary N) is 2. The van der Waals surface area contributed by atoms with E-state index in [2.05, 4.69) is 20.3 Å². The molecule has 3 aromatic rings. The van der Waals surface area contributed by atoms with E-state index < -0.39 is 5.97 Å². The zero-order chi connectivity index (χ0) is 22.4. The summed E-state index contributed by atoms with van der Waals surface area (Å²) in [6.45, 7) is 5.92. The first-order valence-corrected chi connectivity index (χ1v) is 11.4. The van der Waals surface area contributed by atoms with E-state index in [4.69, 9.17) is 4.74 Å². The second-order valence-electron chi connectivity index (χ2n) is 7.06. The van der Waals surface area contributed by atoms with E-state index >= 15 is 0 Å². The summed E-state index contributed by atoms with van der Waals surface area (Å²) in [5, 5.41) is 3.34. The number of carbonyl (C=O) groups is 2. The number of ether oxygens (including phenoxy) is 1. The van der Waals surface area contributed by atoms with Crippen molar-refractivity contribution in [1.29, 1.82) is 0 Å². The lowest BCUT2D eigenvalue weighted by atomic mass is 10.1. The van der Waals surface area contributed by atoms with Gasteiger partial charge in [0.2, 0.25) is 5.91 Å². The Labute approximate surface area is 187 Å².